The van der Waals surface area contributed by atoms with E-state index in [1.165, 1.54) is 12.8 Å². The smallest absolute Gasteiger partial charge is 0.254 e. The van der Waals surface area contributed by atoms with E-state index in [0.717, 1.165) is 25.9 Å². The van der Waals surface area contributed by atoms with E-state index in [4.69, 9.17) is 0 Å². The van der Waals surface area contributed by atoms with Gasteiger partial charge in [-0.1, -0.05) is 0 Å². The molecule has 0 atom stereocenters. The number of rotatable bonds is 1. The number of carbonyl (C=O) groups is 1. The van der Waals surface area contributed by atoms with Crippen LogP contribution in [-0.4, -0.2) is 34.6 Å². The fourth-order valence-corrected chi connectivity index (χ4v) is 2.49. The van der Waals surface area contributed by atoms with E-state index >= 15 is 0 Å². The molecule has 0 aromatic heterocycles. The van der Waals surface area contributed by atoms with Crippen molar-refractivity contribution in [1.29, 1.82) is 0 Å². The van der Waals surface area contributed by atoms with Crippen molar-refractivity contribution in [2.45, 2.75) is 44.1 Å². The van der Waals surface area contributed by atoms with Crippen molar-refractivity contribution in [2.24, 2.45) is 5.41 Å². The van der Waals surface area contributed by atoms with Crippen LogP contribution >= 0.6 is 0 Å². The highest BCUT2D eigenvalue weighted by molar-refractivity contribution is 5.87. The molecular weight excluding hydrogens is 178 g/mol. The van der Waals surface area contributed by atoms with Crippen molar-refractivity contribution in [3.63, 3.8) is 0 Å². The van der Waals surface area contributed by atoms with Gasteiger partial charge in [0.1, 0.15) is 5.60 Å². The average molecular weight is 195 g/mol. The van der Waals surface area contributed by atoms with Crippen LogP contribution in [0, 0.1) is 5.41 Å². The molecule has 1 aliphatic heterocycles. The van der Waals surface area contributed by atoms with Gasteiger partial charge in [0.15, 0.2) is 0 Å². The van der Waals surface area contributed by atoms with Crippen molar-refractivity contribution in [3.8, 4) is 0 Å². The van der Waals surface area contributed by atoms with Gasteiger partial charge in [-0.15, -0.1) is 0 Å². The van der Waals surface area contributed by atoms with Gasteiger partial charge in [0.05, 0.1) is 0 Å². The number of carbonyl (C=O) groups excluding carboxylic acids is 1. The number of nitrogens with zero attached hydrogens (tertiary/aromatic N) is 1. The fraction of sp³-hybridized carbons (Fsp3) is 0.909. The molecule has 1 saturated heterocycles. The summed E-state index contributed by atoms with van der Waals surface area (Å²) in [5, 5.41) is 9.70. The second-order valence-corrected chi connectivity index (χ2v) is 5.32. The van der Waals surface area contributed by atoms with E-state index in [1.807, 2.05) is 4.90 Å². The molecular formula is C11H17NO2. The average Bonchev–Trinajstić information content (AvgIpc) is 3.08. The first-order valence-electron chi connectivity index (χ1n) is 5.66. The number of piperidine rings is 1. The molecule has 1 N–H and O–H groups in total. The molecule has 0 unspecified atom stereocenters. The van der Waals surface area contributed by atoms with Gasteiger partial charge in [-0.05, 0) is 43.9 Å². The van der Waals surface area contributed by atoms with Gasteiger partial charge >= 0.3 is 0 Å². The van der Waals surface area contributed by atoms with Gasteiger partial charge in [0, 0.05) is 13.1 Å². The molecule has 1 heterocycles. The first-order chi connectivity index (χ1) is 6.64. The van der Waals surface area contributed by atoms with Gasteiger partial charge in [-0.3, -0.25) is 4.79 Å². The van der Waals surface area contributed by atoms with Crippen LogP contribution < -0.4 is 0 Å². The quantitative estimate of drug-likeness (QED) is 0.675. The van der Waals surface area contributed by atoms with E-state index in [0.29, 0.717) is 18.3 Å². The van der Waals surface area contributed by atoms with Crippen molar-refractivity contribution in [1.82, 2.24) is 4.90 Å². The molecule has 3 fully saturated rings. The summed E-state index contributed by atoms with van der Waals surface area (Å²) >= 11 is 0. The molecule has 3 rings (SSSR count). The summed E-state index contributed by atoms with van der Waals surface area (Å²) in [5.41, 5.74) is -0.336. The lowest BCUT2D eigenvalue weighted by Gasteiger charge is -2.33. The molecule has 0 aromatic rings. The van der Waals surface area contributed by atoms with Crippen LogP contribution in [-0.2, 0) is 4.79 Å². The summed E-state index contributed by atoms with van der Waals surface area (Å²) in [6.45, 7) is 1.75. The Labute approximate surface area is 84.1 Å². The number of amides is 1. The topological polar surface area (TPSA) is 40.5 Å². The van der Waals surface area contributed by atoms with Crippen LogP contribution in [0.4, 0.5) is 0 Å². The third-order valence-corrected chi connectivity index (χ3v) is 4.19. The largest absolute Gasteiger partial charge is 0.380 e. The lowest BCUT2D eigenvalue weighted by atomic mass is 9.93. The van der Waals surface area contributed by atoms with Gasteiger partial charge in [-0.2, -0.15) is 0 Å². The van der Waals surface area contributed by atoms with Crippen molar-refractivity contribution >= 4 is 5.91 Å². The minimum atomic E-state index is -0.950. The second-order valence-electron chi connectivity index (χ2n) is 5.32. The molecule has 3 aliphatic rings. The van der Waals surface area contributed by atoms with Gasteiger partial charge < -0.3 is 10.0 Å². The first kappa shape index (κ1) is 8.72. The molecule has 78 valence electrons. The Morgan fingerprint density at radius 2 is 1.57 bits per heavy atom. The molecule has 0 aromatic carbocycles. The number of hydrogen-bond acceptors (Lipinski definition) is 2. The zero-order valence-electron chi connectivity index (χ0n) is 8.46. The van der Waals surface area contributed by atoms with E-state index in [2.05, 4.69) is 0 Å². The Hall–Kier alpha value is -0.570. The van der Waals surface area contributed by atoms with E-state index in [-0.39, 0.29) is 5.91 Å². The van der Waals surface area contributed by atoms with E-state index in [9.17, 15) is 9.90 Å². The minimum absolute atomic E-state index is 0.00648. The van der Waals surface area contributed by atoms with E-state index < -0.39 is 5.60 Å². The Balaban J connectivity index is 1.61. The number of hydrogen-bond donors (Lipinski definition) is 1. The number of likely N-dealkylation sites (tertiary alicyclic amines) is 1. The third kappa shape index (κ3) is 1.26. The van der Waals surface area contributed by atoms with Gasteiger partial charge in [-0.25, -0.2) is 0 Å². The van der Waals surface area contributed by atoms with Crippen LogP contribution in [0.15, 0.2) is 0 Å². The Bertz CT molecular complexity index is 269. The van der Waals surface area contributed by atoms with Crippen molar-refractivity contribution < 1.29 is 9.90 Å². The molecule has 0 radical (unpaired) electrons. The maximum atomic E-state index is 11.8. The van der Waals surface area contributed by atoms with Crippen LogP contribution in [0.5, 0.6) is 0 Å². The normalized spacial score (nSPS) is 31.6. The predicted molar refractivity (Wildman–Crippen MR) is 51.7 cm³/mol. The summed E-state index contributed by atoms with van der Waals surface area (Å²) in [6.07, 6.45) is 6.39. The van der Waals surface area contributed by atoms with Gasteiger partial charge in [0.2, 0.25) is 0 Å². The molecule has 3 heteroatoms. The molecule has 2 aliphatic carbocycles. The Morgan fingerprint density at radius 3 is 2.00 bits per heavy atom. The molecule has 3 nitrogen and oxygen atoms in total. The maximum absolute atomic E-state index is 11.8. The summed E-state index contributed by atoms with van der Waals surface area (Å²) in [4.78, 5) is 13.7. The summed E-state index contributed by atoms with van der Waals surface area (Å²) in [7, 11) is 0. The standard InChI is InChI=1S/C11H17NO2/c13-9(11(14)3-4-11)12-7-5-10(1-2-10)6-8-12/h14H,1-8H2. The summed E-state index contributed by atoms with van der Waals surface area (Å²) in [5.74, 6) is -0.00648. The monoisotopic (exact) mass is 195 g/mol. The molecule has 1 amide bonds. The lowest BCUT2D eigenvalue weighted by Crippen LogP contribution is -2.45. The predicted octanol–water partition coefficient (Wildman–Crippen LogP) is 0.914. The van der Waals surface area contributed by atoms with Crippen LogP contribution in [0.25, 0.3) is 0 Å². The van der Waals surface area contributed by atoms with Crippen molar-refractivity contribution in [3.05, 3.63) is 0 Å². The second kappa shape index (κ2) is 2.51. The molecule has 0 bridgehead atoms. The molecule has 1 spiro atoms. The minimum Gasteiger partial charge on any atom is -0.380 e. The summed E-state index contributed by atoms with van der Waals surface area (Å²) in [6, 6.07) is 0. The molecule has 14 heavy (non-hydrogen) atoms. The fourth-order valence-electron chi connectivity index (χ4n) is 2.49. The zero-order valence-corrected chi connectivity index (χ0v) is 8.46. The highest BCUT2D eigenvalue weighted by Gasteiger charge is 2.52. The van der Waals surface area contributed by atoms with E-state index in [1.54, 1.807) is 0 Å². The highest BCUT2D eigenvalue weighted by atomic mass is 16.3. The zero-order chi connectivity index (χ0) is 9.81. The van der Waals surface area contributed by atoms with Crippen LogP contribution in [0.3, 0.4) is 0 Å². The number of aliphatic hydroxyl groups is 1. The third-order valence-electron chi connectivity index (χ3n) is 4.19. The Morgan fingerprint density at radius 1 is 1.00 bits per heavy atom. The molecule has 2 saturated carbocycles. The SMILES string of the molecule is O=C(N1CCC2(CC1)CC2)C1(O)CC1. The van der Waals surface area contributed by atoms with Crippen LogP contribution in [0.1, 0.15) is 38.5 Å². The maximum Gasteiger partial charge on any atom is 0.254 e. The lowest BCUT2D eigenvalue weighted by molar-refractivity contribution is -0.144. The van der Waals surface area contributed by atoms with Gasteiger partial charge in [0.25, 0.3) is 5.91 Å². The Kier molecular flexibility index (Phi) is 1.56. The highest BCUT2D eigenvalue weighted by Crippen LogP contribution is 2.54. The van der Waals surface area contributed by atoms with Crippen LogP contribution in [0.2, 0.25) is 0 Å². The van der Waals surface area contributed by atoms with Crippen molar-refractivity contribution in [2.75, 3.05) is 13.1 Å². The summed E-state index contributed by atoms with van der Waals surface area (Å²) < 4.78 is 0. The first-order valence-corrected chi connectivity index (χ1v) is 5.66.